The van der Waals surface area contributed by atoms with E-state index in [4.69, 9.17) is 27.9 Å². The molecule has 0 aliphatic rings. The number of halogens is 2. The lowest BCUT2D eigenvalue weighted by Crippen LogP contribution is -2.23. The van der Waals surface area contributed by atoms with Gasteiger partial charge in [-0.1, -0.05) is 23.2 Å². The molecule has 0 atom stereocenters. The first-order valence-corrected chi connectivity index (χ1v) is 9.24. The van der Waals surface area contributed by atoms with Crippen LogP contribution in [0.4, 0.5) is 0 Å². The normalized spacial score (nSPS) is 11.4. The first-order valence-electron chi connectivity index (χ1n) is 8.49. The van der Waals surface area contributed by atoms with Gasteiger partial charge in [0.25, 0.3) is 11.1 Å². The summed E-state index contributed by atoms with van der Waals surface area (Å²) in [5.74, 6) is 0. The Bertz CT molecular complexity index is 1310. The predicted octanol–water partition coefficient (Wildman–Crippen LogP) is 3.65. The van der Waals surface area contributed by atoms with Crippen molar-refractivity contribution >= 4 is 45.0 Å². The molecule has 0 unspecified atom stereocenters. The molecule has 0 fully saturated rings. The predicted molar refractivity (Wildman–Crippen MR) is 111 cm³/mol. The summed E-state index contributed by atoms with van der Waals surface area (Å²) in [5, 5.41) is 1.57. The first kappa shape index (κ1) is 18.7. The molecule has 0 amide bonds. The molecule has 0 saturated carbocycles. The molecule has 0 spiro atoms. The second kappa shape index (κ2) is 7.39. The zero-order valence-corrected chi connectivity index (χ0v) is 16.4. The third kappa shape index (κ3) is 3.30. The van der Waals surface area contributed by atoms with E-state index < -0.39 is 0 Å². The molecule has 3 aromatic heterocycles. The number of fused-ring (bicyclic) bond motifs is 2. The molecule has 3 heterocycles. The third-order valence-electron chi connectivity index (χ3n) is 4.48. The topological polar surface area (TPSA) is 66.1 Å². The van der Waals surface area contributed by atoms with Crippen LogP contribution in [0.15, 0.2) is 58.4 Å². The molecule has 0 bridgehead atoms. The number of ether oxygens (including phenoxy) is 1. The lowest BCUT2D eigenvalue weighted by atomic mass is 10.2. The van der Waals surface area contributed by atoms with E-state index in [1.165, 1.54) is 9.13 Å². The van der Waals surface area contributed by atoms with Crippen LogP contribution in [0.5, 0.6) is 0 Å². The van der Waals surface area contributed by atoms with E-state index in [1.54, 1.807) is 55.9 Å². The van der Waals surface area contributed by atoms with Gasteiger partial charge in [0.05, 0.1) is 34.1 Å². The monoisotopic (exact) mass is 415 g/mol. The maximum Gasteiger partial charge on any atom is 0.264 e. The van der Waals surface area contributed by atoms with Crippen LogP contribution >= 0.6 is 23.2 Å². The van der Waals surface area contributed by atoms with Gasteiger partial charge in [-0.2, -0.15) is 0 Å². The van der Waals surface area contributed by atoms with Crippen LogP contribution in [0.25, 0.3) is 27.5 Å². The molecule has 6 nitrogen and oxygen atoms in total. The summed E-state index contributed by atoms with van der Waals surface area (Å²) in [7, 11) is 1.58. The molecule has 4 rings (SSSR count). The Kier molecular flexibility index (Phi) is 4.93. The van der Waals surface area contributed by atoms with Gasteiger partial charge in [0, 0.05) is 36.1 Å². The van der Waals surface area contributed by atoms with E-state index in [9.17, 15) is 9.59 Å². The van der Waals surface area contributed by atoms with Crippen molar-refractivity contribution in [2.75, 3.05) is 13.7 Å². The van der Waals surface area contributed by atoms with Gasteiger partial charge in [0.1, 0.15) is 0 Å². The summed E-state index contributed by atoms with van der Waals surface area (Å²) >= 11 is 12.1. The van der Waals surface area contributed by atoms with Crippen molar-refractivity contribution in [2.24, 2.45) is 0 Å². The standard InChI is InChI=1S/C20H15Cl2N3O3/c1-28-7-6-24-4-2-17-15(19(24)26)11-16-18(23-17)3-5-25(20(16)27)14-9-12(21)8-13(22)10-14/h2-5,8-11H,6-7H2,1H3. The minimum Gasteiger partial charge on any atom is -0.383 e. The molecular weight excluding hydrogens is 401 g/mol. The van der Waals surface area contributed by atoms with Gasteiger partial charge in [-0.25, -0.2) is 4.98 Å². The van der Waals surface area contributed by atoms with Crippen molar-refractivity contribution in [2.45, 2.75) is 6.54 Å². The Morgan fingerprint density at radius 3 is 2.25 bits per heavy atom. The minimum absolute atomic E-state index is 0.218. The number of pyridine rings is 3. The lowest BCUT2D eigenvalue weighted by molar-refractivity contribution is 0.186. The Balaban J connectivity index is 1.96. The maximum atomic E-state index is 13.1. The number of hydrogen-bond acceptors (Lipinski definition) is 4. The van der Waals surface area contributed by atoms with Crippen molar-refractivity contribution in [3.05, 3.63) is 79.5 Å². The quantitative estimate of drug-likeness (QED) is 0.477. The smallest absolute Gasteiger partial charge is 0.264 e. The van der Waals surface area contributed by atoms with E-state index in [1.807, 2.05) is 0 Å². The van der Waals surface area contributed by atoms with Crippen molar-refractivity contribution in [3.8, 4) is 5.69 Å². The van der Waals surface area contributed by atoms with Gasteiger partial charge in [-0.3, -0.25) is 14.2 Å². The van der Waals surface area contributed by atoms with Crippen LogP contribution < -0.4 is 11.1 Å². The van der Waals surface area contributed by atoms with E-state index in [0.29, 0.717) is 50.7 Å². The summed E-state index contributed by atoms with van der Waals surface area (Å²) in [6.45, 7) is 0.831. The number of rotatable bonds is 4. The number of nitrogens with zero attached hydrogens (tertiary/aromatic N) is 3. The Morgan fingerprint density at radius 1 is 0.929 bits per heavy atom. The molecule has 0 aliphatic carbocycles. The number of hydrogen-bond donors (Lipinski definition) is 0. The Hall–Kier alpha value is -2.67. The molecule has 4 aromatic rings. The number of methoxy groups -OCH3 is 1. The van der Waals surface area contributed by atoms with Crippen molar-refractivity contribution in [1.29, 1.82) is 0 Å². The number of benzene rings is 1. The molecule has 0 radical (unpaired) electrons. The first-order chi connectivity index (χ1) is 13.5. The van der Waals surface area contributed by atoms with Crippen LogP contribution in [-0.2, 0) is 11.3 Å². The SMILES string of the molecule is COCCn1ccc2nc3ccn(-c4cc(Cl)cc(Cl)c4)c(=O)c3cc2c1=O. The van der Waals surface area contributed by atoms with Gasteiger partial charge in [0.2, 0.25) is 0 Å². The van der Waals surface area contributed by atoms with Gasteiger partial charge in [-0.15, -0.1) is 0 Å². The van der Waals surface area contributed by atoms with E-state index in [0.717, 1.165) is 0 Å². The highest BCUT2D eigenvalue weighted by molar-refractivity contribution is 6.34. The van der Waals surface area contributed by atoms with Crippen LogP contribution in [0.2, 0.25) is 10.0 Å². The average molecular weight is 416 g/mol. The van der Waals surface area contributed by atoms with Crippen LogP contribution in [0.1, 0.15) is 0 Å². The second-order valence-corrected chi connectivity index (χ2v) is 7.15. The van der Waals surface area contributed by atoms with Gasteiger partial charge in [-0.05, 0) is 36.4 Å². The van der Waals surface area contributed by atoms with E-state index in [2.05, 4.69) is 4.98 Å². The fourth-order valence-electron chi connectivity index (χ4n) is 3.11. The van der Waals surface area contributed by atoms with Gasteiger partial charge in [0.15, 0.2) is 0 Å². The van der Waals surface area contributed by atoms with Crippen LogP contribution in [-0.4, -0.2) is 27.8 Å². The fourth-order valence-corrected chi connectivity index (χ4v) is 3.63. The summed E-state index contributed by atoms with van der Waals surface area (Å²) in [6, 6.07) is 9.96. The third-order valence-corrected chi connectivity index (χ3v) is 4.91. The summed E-state index contributed by atoms with van der Waals surface area (Å²) in [5.41, 5.74) is 1.06. The van der Waals surface area contributed by atoms with E-state index >= 15 is 0 Å². The molecule has 0 aliphatic heterocycles. The van der Waals surface area contributed by atoms with Crippen LogP contribution in [0, 0.1) is 0 Å². The number of aromatic nitrogens is 3. The highest BCUT2D eigenvalue weighted by atomic mass is 35.5. The molecule has 8 heteroatoms. The molecule has 142 valence electrons. The van der Waals surface area contributed by atoms with Gasteiger partial charge >= 0.3 is 0 Å². The highest BCUT2D eigenvalue weighted by Gasteiger charge is 2.11. The Labute approximate surface area is 169 Å². The summed E-state index contributed by atoms with van der Waals surface area (Å²) in [4.78, 5) is 30.3. The second-order valence-electron chi connectivity index (χ2n) is 6.28. The average Bonchev–Trinajstić information content (AvgIpc) is 2.66. The van der Waals surface area contributed by atoms with Crippen molar-refractivity contribution < 1.29 is 4.74 Å². The van der Waals surface area contributed by atoms with Crippen LogP contribution in [0.3, 0.4) is 0 Å². The van der Waals surface area contributed by atoms with Gasteiger partial charge < -0.3 is 9.30 Å². The van der Waals surface area contributed by atoms with E-state index in [-0.39, 0.29) is 11.1 Å². The maximum absolute atomic E-state index is 13.1. The molecule has 0 saturated heterocycles. The lowest BCUT2D eigenvalue weighted by Gasteiger charge is -2.10. The molecular formula is C20H15Cl2N3O3. The summed E-state index contributed by atoms with van der Waals surface area (Å²) < 4.78 is 8.01. The van der Waals surface area contributed by atoms with Crippen molar-refractivity contribution in [3.63, 3.8) is 0 Å². The fraction of sp³-hybridized carbons (Fsp3) is 0.150. The zero-order chi connectivity index (χ0) is 19.8. The zero-order valence-electron chi connectivity index (χ0n) is 14.9. The Morgan fingerprint density at radius 2 is 1.57 bits per heavy atom. The molecule has 0 N–H and O–H groups in total. The summed E-state index contributed by atoms with van der Waals surface area (Å²) in [6.07, 6.45) is 3.29. The molecule has 1 aromatic carbocycles. The largest absolute Gasteiger partial charge is 0.383 e. The minimum atomic E-state index is -0.308. The molecule has 28 heavy (non-hydrogen) atoms. The highest BCUT2D eigenvalue weighted by Crippen LogP contribution is 2.22. The van der Waals surface area contributed by atoms with Crippen molar-refractivity contribution in [1.82, 2.24) is 14.1 Å².